The number of nitrogens with one attached hydrogen (secondary N) is 3. The summed E-state index contributed by atoms with van der Waals surface area (Å²) in [6, 6.07) is 5.61. The van der Waals surface area contributed by atoms with Crippen LogP contribution in [0.4, 0.5) is 21.6 Å². The number of halogens is 1. The molecule has 78 valence electrons. The van der Waals surface area contributed by atoms with Gasteiger partial charge >= 0.3 is 0 Å². The molecular formula is C9H9FN4O. The summed E-state index contributed by atoms with van der Waals surface area (Å²) in [5.74, 6) is -0.124. The van der Waals surface area contributed by atoms with Crippen LogP contribution in [0.1, 0.15) is 0 Å². The highest BCUT2D eigenvalue weighted by Crippen LogP contribution is 2.16. The van der Waals surface area contributed by atoms with Crippen molar-refractivity contribution in [3.8, 4) is 0 Å². The van der Waals surface area contributed by atoms with Gasteiger partial charge in [0.2, 0.25) is 0 Å². The van der Waals surface area contributed by atoms with Crippen LogP contribution >= 0.6 is 0 Å². The Morgan fingerprint density at radius 3 is 2.40 bits per heavy atom. The summed E-state index contributed by atoms with van der Waals surface area (Å²) in [7, 11) is 0. The lowest BCUT2D eigenvalue weighted by Gasteiger charge is -2.02. The second-order valence-electron chi connectivity index (χ2n) is 3.00. The number of aromatic nitrogens is 2. The zero-order valence-corrected chi connectivity index (χ0v) is 7.67. The number of aromatic amines is 2. The largest absolute Gasteiger partial charge is 0.382 e. The lowest BCUT2D eigenvalue weighted by atomic mass is 10.3. The second-order valence-corrected chi connectivity index (χ2v) is 3.00. The van der Waals surface area contributed by atoms with E-state index in [2.05, 4.69) is 15.5 Å². The predicted octanol–water partition coefficient (Wildman–Crippen LogP) is 1.17. The van der Waals surface area contributed by atoms with Crippen LogP contribution in [0.25, 0.3) is 0 Å². The Hall–Kier alpha value is -2.24. The Morgan fingerprint density at radius 2 is 1.87 bits per heavy atom. The fraction of sp³-hybridized carbons (Fsp3) is 0. The summed E-state index contributed by atoms with van der Waals surface area (Å²) in [5.41, 5.74) is 5.96. The molecule has 1 heterocycles. The van der Waals surface area contributed by atoms with Gasteiger partial charge in [-0.15, -0.1) is 0 Å². The average Bonchev–Trinajstić information content (AvgIpc) is 2.53. The molecule has 0 unspecified atom stereocenters. The van der Waals surface area contributed by atoms with Crippen molar-refractivity contribution in [2.75, 3.05) is 11.1 Å². The first kappa shape index (κ1) is 9.32. The number of H-pyrrole nitrogens is 2. The predicted molar refractivity (Wildman–Crippen MR) is 55.5 cm³/mol. The van der Waals surface area contributed by atoms with E-state index in [0.29, 0.717) is 5.69 Å². The summed E-state index contributed by atoms with van der Waals surface area (Å²) in [5, 5.41) is 7.58. The normalized spacial score (nSPS) is 10.2. The average molecular weight is 208 g/mol. The van der Waals surface area contributed by atoms with Crippen molar-refractivity contribution in [1.82, 2.24) is 10.2 Å². The molecule has 0 aliphatic heterocycles. The molecule has 2 aromatic rings. The van der Waals surface area contributed by atoms with Gasteiger partial charge in [-0.3, -0.25) is 15.0 Å². The Labute approximate surface area is 84.1 Å². The van der Waals surface area contributed by atoms with Crippen molar-refractivity contribution >= 4 is 17.2 Å². The molecule has 15 heavy (non-hydrogen) atoms. The Kier molecular flexibility index (Phi) is 2.17. The fourth-order valence-electron chi connectivity index (χ4n) is 1.17. The zero-order valence-electron chi connectivity index (χ0n) is 7.67. The van der Waals surface area contributed by atoms with Crippen molar-refractivity contribution in [3.05, 3.63) is 40.4 Å². The van der Waals surface area contributed by atoms with Gasteiger partial charge in [0.25, 0.3) is 5.56 Å². The standard InChI is InChI=1S/C9H9FN4O/c10-5-1-3-6(4-2-5)12-7-8(11)13-14-9(7)15/h1-4,12H,(H4,11,13,14,15). The van der Waals surface area contributed by atoms with Gasteiger partial charge in [0, 0.05) is 5.69 Å². The third-order valence-corrected chi connectivity index (χ3v) is 1.92. The molecule has 0 amide bonds. The summed E-state index contributed by atoms with van der Waals surface area (Å²) in [4.78, 5) is 11.2. The van der Waals surface area contributed by atoms with Crippen LogP contribution in [0.2, 0.25) is 0 Å². The van der Waals surface area contributed by atoms with E-state index in [9.17, 15) is 9.18 Å². The Bertz CT molecular complexity index is 514. The summed E-state index contributed by atoms with van der Waals surface area (Å²) < 4.78 is 12.6. The molecule has 0 saturated carbocycles. The third-order valence-electron chi connectivity index (χ3n) is 1.92. The zero-order chi connectivity index (χ0) is 10.8. The SMILES string of the molecule is Nc1[nH][nH]c(=O)c1Nc1ccc(F)cc1. The monoisotopic (exact) mass is 208 g/mol. The quantitative estimate of drug-likeness (QED) is 0.597. The van der Waals surface area contributed by atoms with Crippen molar-refractivity contribution < 1.29 is 4.39 Å². The van der Waals surface area contributed by atoms with E-state index in [1.165, 1.54) is 24.3 Å². The highest BCUT2D eigenvalue weighted by molar-refractivity contribution is 5.68. The van der Waals surface area contributed by atoms with Crippen LogP contribution in [0, 0.1) is 5.82 Å². The van der Waals surface area contributed by atoms with Crippen LogP contribution < -0.4 is 16.6 Å². The van der Waals surface area contributed by atoms with E-state index < -0.39 is 0 Å². The van der Waals surface area contributed by atoms with Gasteiger partial charge in [-0.05, 0) is 24.3 Å². The van der Waals surface area contributed by atoms with Gasteiger partial charge in [0.15, 0.2) is 0 Å². The maximum Gasteiger partial charge on any atom is 0.289 e. The van der Waals surface area contributed by atoms with E-state index >= 15 is 0 Å². The van der Waals surface area contributed by atoms with Crippen LogP contribution in [0.15, 0.2) is 29.1 Å². The molecule has 0 atom stereocenters. The lowest BCUT2D eigenvalue weighted by Crippen LogP contribution is -2.06. The smallest absolute Gasteiger partial charge is 0.289 e. The molecule has 2 rings (SSSR count). The molecule has 0 spiro atoms. The lowest BCUT2D eigenvalue weighted by molar-refractivity contribution is 0.628. The van der Waals surface area contributed by atoms with Gasteiger partial charge in [-0.2, -0.15) is 0 Å². The Morgan fingerprint density at radius 1 is 1.20 bits per heavy atom. The maximum absolute atomic E-state index is 12.6. The van der Waals surface area contributed by atoms with Crippen molar-refractivity contribution in [3.63, 3.8) is 0 Å². The van der Waals surface area contributed by atoms with Crippen LogP contribution in [-0.4, -0.2) is 10.2 Å². The molecule has 6 heteroatoms. The number of anilines is 3. The van der Waals surface area contributed by atoms with E-state index in [-0.39, 0.29) is 22.9 Å². The topological polar surface area (TPSA) is 86.7 Å². The second kappa shape index (κ2) is 3.49. The van der Waals surface area contributed by atoms with Gasteiger partial charge in [-0.1, -0.05) is 0 Å². The van der Waals surface area contributed by atoms with E-state index in [0.717, 1.165) is 0 Å². The molecule has 1 aromatic carbocycles. The van der Waals surface area contributed by atoms with Crippen molar-refractivity contribution in [2.45, 2.75) is 0 Å². The van der Waals surface area contributed by atoms with Crippen LogP contribution in [-0.2, 0) is 0 Å². The molecule has 0 fully saturated rings. The van der Waals surface area contributed by atoms with E-state index in [4.69, 9.17) is 5.73 Å². The molecule has 0 saturated heterocycles. The summed E-state index contributed by atoms with van der Waals surface area (Å²) >= 11 is 0. The number of rotatable bonds is 2. The van der Waals surface area contributed by atoms with Crippen molar-refractivity contribution in [1.29, 1.82) is 0 Å². The number of hydrogen-bond acceptors (Lipinski definition) is 3. The highest BCUT2D eigenvalue weighted by Gasteiger charge is 2.06. The Balaban J connectivity index is 2.29. The third kappa shape index (κ3) is 1.83. The molecule has 0 radical (unpaired) electrons. The number of hydrogen-bond donors (Lipinski definition) is 4. The number of benzene rings is 1. The fourth-order valence-corrected chi connectivity index (χ4v) is 1.17. The molecule has 0 aliphatic rings. The van der Waals surface area contributed by atoms with E-state index in [1.54, 1.807) is 0 Å². The maximum atomic E-state index is 12.6. The van der Waals surface area contributed by atoms with Gasteiger partial charge < -0.3 is 11.1 Å². The molecule has 5 nitrogen and oxygen atoms in total. The molecular weight excluding hydrogens is 199 g/mol. The molecule has 0 bridgehead atoms. The van der Waals surface area contributed by atoms with Crippen molar-refractivity contribution in [2.24, 2.45) is 0 Å². The molecule has 5 N–H and O–H groups in total. The molecule has 1 aromatic heterocycles. The van der Waals surface area contributed by atoms with Gasteiger partial charge in [0.1, 0.15) is 17.3 Å². The van der Waals surface area contributed by atoms with Crippen LogP contribution in [0.3, 0.4) is 0 Å². The number of nitrogens with two attached hydrogens (primary N) is 1. The van der Waals surface area contributed by atoms with E-state index in [1.807, 2.05) is 0 Å². The minimum atomic E-state index is -0.350. The van der Waals surface area contributed by atoms with Gasteiger partial charge in [-0.25, -0.2) is 4.39 Å². The highest BCUT2D eigenvalue weighted by atomic mass is 19.1. The first-order valence-corrected chi connectivity index (χ1v) is 4.25. The summed E-state index contributed by atoms with van der Waals surface area (Å²) in [6.45, 7) is 0. The molecule has 0 aliphatic carbocycles. The number of nitrogen functional groups attached to an aromatic ring is 1. The van der Waals surface area contributed by atoms with Gasteiger partial charge in [0.05, 0.1) is 0 Å². The van der Waals surface area contributed by atoms with Crippen LogP contribution in [0.5, 0.6) is 0 Å². The first-order chi connectivity index (χ1) is 7.16. The first-order valence-electron chi connectivity index (χ1n) is 4.25. The summed E-state index contributed by atoms with van der Waals surface area (Å²) in [6.07, 6.45) is 0. The minimum absolute atomic E-state index is 0.212. The minimum Gasteiger partial charge on any atom is -0.382 e.